The molecular weight excluding hydrogens is 208 g/mol. The van der Waals surface area contributed by atoms with Crippen molar-refractivity contribution in [2.24, 2.45) is 0 Å². The molecule has 84 valence electrons. The van der Waals surface area contributed by atoms with Gasteiger partial charge in [-0.05, 0) is 19.8 Å². The van der Waals surface area contributed by atoms with Gasteiger partial charge in [-0.1, -0.05) is 5.16 Å². The summed E-state index contributed by atoms with van der Waals surface area (Å²) < 4.78 is 10.5. The fourth-order valence-electron chi connectivity index (χ4n) is 2.10. The van der Waals surface area contributed by atoms with Crippen LogP contribution in [0.5, 0.6) is 0 Å². The zero-order chi connectivity index (χ0) is 11.1. The normalized spacial score (nSPS) is 19.8. The highest BCUT2D eigenvalue weighted by molar-refractivity contribution is 5.60. The Balaban J connectivity index is 2.07. The quantitative estimate of drug-likeness (QED) is 0.788. The van der Waals surface area contributed by atoms with Gasteiger partial charge in [0, 0.05) is 12.0 Å². The molecule has 16 heavy (non-hydrogen) atoms. The van der Waals surface area contributed by atoms with Crippen LogP contribution in [0.1, 0.15) is 23.4 Å². The Morgan fingerprint density at radius 1 is 1.50 bits per heavy atom. The highest BCUT2D eigenvalue weighted by Crippen LogP contribution is 2.32. The van der Waals surface area contributed by atoms with E-state index in [4.69, 9.17) is 8.94 Å². The highest BCUT2D eigenvalue weighted by atomic mass is 16.5. The molecule has 1 atom stereocenters. The van der Waals surface area contributed by atoms with Crippen molar-refractivity contribution in [2.45, 2.75) is 32.3 Å². The zero-order valence-corrected chi connectivity index (χ0v) is 8.93. The minimum absolute atomic E-state index is 0.316. The van der Waals surface area contributed by atoms with Gasteiger partial charge in [-0.2, -0.15) is 0 Å². The van der Waals surface area contributed by atoms with Gasteiger partial charge in [0.2, 0.25) is 0 Å². The second kappa shape index (κ2) is 3.45. The maximum atomic E-state index is 9.53. The van der Waals surface area contributed by atoms with Gasteiger partial charge in [-0.15, -0.1) is 0 Å². The number of hydrogen-bond acceptors (Lipinski definition) is 5. The third-order valence-electron chi connectivity index (χ3n) is 2.98. The highest BCUT2D eigenvalue weighted by Gasteiger charge is 2.27. The summed E-state index contributed by atoms with van der Waals surface area (Å²) in [7, 11) is 0. The molecule has 3 rings (SSSR count). The Morgan fingerprint density at radius 2 is 2.38 bits per heavy atom. The SMILES string of the molecule is Cc1ncoc1-c1noc2c1CCC(O)C2. The van der Waals surface area contributed by atoms with Gasteiger partial charge in [-0.25, -0.2) is 4.98 Å². The summed E-state index contributed by atoms with van der Waals surface area (Å²) in [5.74, 6) is 1.44. The number of fused-ring (bicyclic) bond motifs is 1. The Kier molecular flexibility index (Phi) is 2.07. The summed E-state index contributed by atoms with van der Waals surface area (Å²) in [4.78, 5) is 4.04. The van der Waals surface area contributed by atoms with Crippen LogP contribution in [-0.4, -0.2) is 21.4 Å². The van der Waals surface area contributed by atoms with Crippen LogP contribution in [0.15, 0.2) is 15.3 Å². The van der Waals surface area contributed by atoms with Gasteiger partial charge in [0.15, 0.2) is 17.8 Å². The minimum Gasteiger partial charge on any atom is -0.441 e. The maximum absolute atomic E-state index is 9.53. The fourth-order valence-corrected chi connectivity index (χ4v) is 2.10. The van der Waals surface area contributed by atoms with Gasteiger partial charge in [0.05, 0.1) is 11.8 Å². The van der Waals surface area contributed by atoms with Crippen molar-refractivity contribution in [3.05, 3.63) is 23.4 Å². The molecule has 2 aromatic heterocycles. The number of aromatic nitrogens is 2. The smallest absolute Gasteiger partial charge is 0.181 e. The third-order valence-corrected chi connectivity index (χ3v) is 2.98. The van der Waals surface area contributed by atoms with Gasteiger partial charge in [0.1, 0.15) is 5.76 Å². The van der Waals surface area contributed by atoms with Crippen LogP contribution < -0.4 is 0 Å². The molecule has 0 amide bonds. The van der Waals surface area contributed by atoms with Crippen LogP contribution in [0.4, 0.5) is 0 Å². The largest absolute Gasteiger partial charge is 0.441 e. The number of rotatable bonds is 1. The molecule has 2 heterocycles. The Hall–Kier alpha value is -1.62. The molecule has 5 nitrogen and oxygen atoms in total. The van der Waals surface area contributed by atoms with E-state index in [9.17, 15) is 5.11 Å². The van der Waals surface area contributed by atoms with Crippen molar-refractivity contribution in [1.29, 1.82) is 0 Å². The topological polar surface area (TPSA) is 72.3 Å². The summed E-state index contributed by atoms with van der Waals surface area (Å²) in [5, 5.41) is 13.5. The summed E-state index contributed by atoms with van der Waals surface area (Å²) in [6.07, 6.45) is 3.15. The predicted molar refractivity (Wildman–Crippen MR) is 54.8 cm³/mol. The summed E-state index contributed by atoms with van der Waals surface area (Å²) >= 11 is 0. The molecule has 1 aliphatic rings. The first-order chi connectivity index (χ1) is 7.75. The average molecular weight is 220 g/mol. The number of nitrogens with zero attached hydrogens (tertiary/aromatic N) is 2. The maximum Gasteiger partial charge on any atom is 0.181 e. The molecule has 1 aliphatic carbocycles. The molecule has 5 heteroatoms. The monoisotopic (exact) mass is 220 g/mol. The van der Waals surface area contributed by atoms with E-state index in [1.807, 2.05) is 6.92 Å². The van der Waals surface area contributed by atoms with E-state index < -0.39 is 0 Å². The Bertz CT molecular complexity index is 515. The first kappa shape index (κ1) is 9.59. The molecule has 1 N–H and O–H groups in total. The van der Waals surface area contributed by atoms with E-state index in [-0.39, 0.29) is 6.10 Å². The lowest BCUT2D eigenvalue weighted by molar-refractivity contribution is 0.146. The van der Waals surface area contributed by atoms with E-state index >= 15 is 0 Å². The summed E-state index contributed by atoms with van der Waals surface area (Å²) in [6.45, 7) is 1.87. The predicted octanol–water partition coefficient (Wildman–Crippen LogP) is 1.49. The lowest BCUT2D eigenvalue weighted by atomic mass is 9.93. The molecule has 0 aliphatic heterocycles. The van der Waals surface area contributed by atoms with Crippen molar-refractivity contribution < 1.29 is 14.0 Å². The standard InChI is InChI=1S/C11H12N2O3/c1-6-11(15-5-12-6)10-8-3-2-7(14)4-9(8)16-13-10/h5,7,14H,2-4H2,1H3. The number of aryl methyl sites for hydroxylation is 1. The van der Waals surface area contributed by atoms with Crippen LogP contribution >= 0.6 is 0 Å². The number of aliphatic hydroxyl groups excluding tert-OH is 1. The Morgan fingerprint density at radius 3 is 3.12 bits per heavy atom. The van der Waals surface area contributed by atoms with Crippen molar-refractivity contribution >= 4 is 0 Å². The van der Waals surface area contributed by atoms with Gasteiger partial charge < -0.3 is 14.0 Å². The van der Waals surface area contributed by atoms with E-state index in [2.05, 4.69) is 10.1 Å². The van der Waals surface area contributed by atoms with Crippen LogP contribution in [0, 0.1) is 6.92 Å². The van der Waals surface area contributed by atoms with Crippen LogP contribution in [0.25, 0.3) is 11.5 Å². The van der Waals surface area contributed by atoms with Crippen molar-refractivity contribution in [2.75, 3.05) is 0 Å². The Labute approximate surface area is 92.1 Å². The molecule has 1 unspecified atom stereocenters. The molecule has 0 aromatic carbocycles. The number of oxazole rings is 1. The summed E-state index contributed by atoms with van der Waals surface area (Å²) in [6, 6.07) is 0. The molecule has 0 saturated heterocycles. The average Bonchev–Trinajstić information content (AvgIpc) is 2.83. The lowest BCUT2D eigenvalue weighted by Crippen LogP contribution is -2.17. The molecule has 0 spiro atoms. The zero-order valence-electron chi connectivity index (χ0n) is 8.93. The number of aliphatic hydroxyl groups is 1. The second-order valence-electron chi connectivity index (χ2n) is 4.10. The van der Waals surface area contributed by atoms with Gasteiger partial charge in [0.25, 0.3) is 0 Å². The van der Waals surface area contributed by atoms with Crippen molar-refractivity contribution in [3.63, 3.8) is 0 Å². The molecule has 0 bridgehead atoms. The van der Waals surface area contributed by atoms with E-state index in [1.54, 1.807) is 0 Å². The molecule has 0 fully saturated rings. The fraction of sp³-hybridized carbons (Fsp3) is 0.455. The third kappa shape index (κ3) is 1.36. The minimum atomic E-state index is -0.316. The van der Waals surface area contributed by atoms with Crippen molar-refractivity contribution in [1.82, 2.24) is 10.1 Å². The molecule has 0 radical (unpaired) electrons. The van der Waals surface area contributed by atoms with Gasteiger partial charge >= 0.3 is 0 Å². The van der Waals surface area contributed by atoms with E-state index in [0.29, 0.717) is 12.2 Å². The van der Waals surface area contributed by atoms with Crippen molar-refractivity contribution in [3.8, 4) is 11.5 Å². The van der Waals surface area contributed by atoms with Crippen LogP contribution in [-0.2, 0) is 12.8 Å². The molecule has 0 saturated carbocycles. The number of hydrogen-bond donors (Lipinski definition) is 1. The van der Waals surface area contributed by atoms with E-state index in [0.717, 1.165) is 35.6 Å². The van der Waals surface area contributed by atoms with E-state index in [1.165, 1.54) is 6.39 Å². The lowest BCUT2D eigenvalue weighted by Gasteiger charge is -2.14. The van der Waals surface area contributed by atoms with Gasteiger partial charge in [-0.3, -0.25) is 0 Å². The summed E-state index contributed by atoms with van der Waals surface area (Å²) in [5.41, 5.74) is 2.59. The molecular formula is C11H12N2O3. The second-order valence-corrected chi connectivity index (χ2v) is 4.10. The molecule has 2 aromatic rings. The first-order valence-corrected chi connectivity index (χ1v) is 5.31. The van der Waals surface area contributed by atoms with Crippen LogP contribution in [0.3, 0.4) is 0 Å². The van der Waals surface area contributed by atoms with Crippen LogP contribution in [0.2, 0.25) is 0 Å². The first-order valence-electron chi connectivity index (χ1n) is 5.31.